The van der Waals surface area contributed by atoms with E-state index in [2.05, 4.69) is 377 Å². The molecule has 0 unspecified atom stereocenters. The maximum Gasteiger partial charge on any atom is 0.233 e. The van der Waals surface area contributed by atoms with Gasteiger partial charge in [-0.1, -0.05) is 312 Å². The van der Waals surface area contributed by atoms with Crippen molar-refractivity contribution in [2.75, 3.05) is 50.7 Å². The highest BCUT2D eigenvalue weighted by Crippen LogP contribution is 2.49. The first-order valence-electron chi connectivity index (χ1n) is 34.8. The number of ether oxygens (including phenoxy) is 3. The van der Waals surface area contributed by atoms with E-state index in [1.807, 2.05) is 31.1 Å². The zero-order valence-corrected chi connectivity index (χ0v) is 62.6. The molecule has 0 saturated heterocycles. The van der Waals surface area contributed by atoms with E-state index in [0.29, 0.717) is 23.9 Å². The van der Waals surface area contributed by atoms with Crippen LogP contribution < -0.4 is 19.7 Å². The molecule has 1 heterocycles. The SMILES string of the molecule is CN(C)c1cc(C#CCOc2ccc(C(c3ccc(C(C)(C)C)cc3)(c3ccc(C(C)(C)C)cc3)c3ccc(C(C)(C)C)cc3)cc2)nc(OC#CCOCC#CC#CCNc2ccc(C(c3ccc(C(C)(C)C)cc3)(c3ccc(C(C)(C)C)cc3)c3ccc(C(C)(C)C)cc3)cc2)c1. The Morgan fingerprint density at radius 3 is 0.980 bits per heavy atom. The van der Waals surface area contributed by atoms with Gasteiger partial charge in [0.2, 0.25) is 5.88 Å². The van der Waals surface area contributed by atoms with E-state index in [9.17, 15) is 0 Å². The molecule has 9 aromatic rings. The van der Waals surface area contributed by atoms with Gasteiger partial charge in [0.05, 0.1) is 17.4 Å². The van der Waals surface area contributed by atoms with Crippen molar-refractivity contribution in [1.29, 1.82) is 0 Å². The maximum absolute atomic E-state index is 6.31. The van der Waals surface area contributed by atoms with Gasteiger partial charge in [-0.2, -0.15) is 0 Å². The molecule has 508 valence electrons. The predicted molar refractivity (Wildman–Crippen MR) is 416 cm³/mol. The lowest BCUT2D eigenvalue weighted by Gasteiger charge is -2.38. The van der Waals surface area contributed by atoms with Crippen LogP contribution in [0.4, 0.5) is 11.4 Å². The molecule has 6 nitrogen and oxygen atoms in total. The molecule has 0 radical (unpaired) electrons. The summed E-state index contributed by atoms with van der Waals surface area (Å²) in [5.74, 6) is 22.3. The highest BCUT2D eigenvalue weighted by Gasteiger charge is 2.41. The summed E-state index contributed by atoms with van der Waals surface area (Å²) in [6.45, 7) is 41.7. The number of aromatic nitrogens is 1. The summed E-state index contributed by atoms with van der Waals surface area (Å²) in [7, 11) is 3.92. The van der Waals surface area contributed by atoms with Crippen LogP contribution in [-0.2, 0) is 48.1 Å². The predicted octanol–water partition coefficient (Wildman–Crippen LogP) is 20.6. The van der Waals surface area contributed by atoms with E-state index < -0.39 is 10.8 Å². The molecule has 0 spiro atoms. The third-order valence-electron chi connectivity index (χ3n) is 18.7. The lowest BCUT2D eigenvalue weighted by molar-refractivity contribution is 0.204. The second-order valence-electron chi connectivity index (χ2n) is 32.4. The summed E-state index contributed by atoms with van der Waals surface area (Å²) in [6, 6.07) is 76.6. The van der Waals surface area contributed by atoms with E-state index in [1.54, 1.807) is 0 Å². The third-order valence-corrected chi connectivity index (χ3v) is 18.7. The normalized spacial score (nSPS) is 12.1. The summed E-state index contributed by atoms with van der Waals surface area (Å²) < 4.78 is 17.8. The fourth-order valence-electron chi connectivity index (χ4n) is 12.7. The third kappa shape index (κ3) is 17.8. The van der Waals surface area contributed by atoms with Crippen molar-refractivity contribution >= 4 is 11.4 Å². The molecule has 8 aromatic carbocycles. The Kier molecular flexibility index (Phi) is 22.4. The topological polar surface area (TPSA) is 55.9 Å². The molecule has 9 rings (SSSR count). The van der Waals surface area contributed by atoms with Gasteiger partial charge in [-0.15, -0.1) is 0 Å². The first-order valence-corrected chi connectivity index (χ1v) is 34.8. The van der Waals surface area contributed by atoms with Crippen LogP contribution in [0.25, 0.3) is 0 Å². The highest BCUT2D eigenvalue weighted by molar-refractivity contribution is 5.65. The number of nitrogens with one attached hydrogen (secondary N) is 1. The van der Waals surface area contributed by atoms with E-state index in [1.165, 1.54) is 72.3 Å². The van der Waals surface area contributed by atoms with Crippen LogP contribution in [0.5, 0.6) is 11.6 Å². The fraction of sp³-hybridized carbons (Fsp3) is 0.344. The largest absolute Gasteiger partial charge is 0.481 e. The molecule has 0 saturated carbocycles. The van der Waals surface area contributed by atoms with Crippen LogP contribution in [0.3, 0.4) is 0 Å². The Morgan fingerprint density at radius 2 is 0.646 bits per heavy atom. The van der Waals surface area contributed by atoms with Gasteiger partial charge in [-0.3, -0.25) is 0 Å². The zero-order valence-electron chi connectivity index (χ0n) is 62.6. The van der Waals surface area contributed by atoms with Crippen molar-refractivity contribution in [3.05, 3.63) is 290 Å². The minimum absolute atomic E-state index is 0.00824. The minimum atomic E-state index is -0.634. The number of hydrogen-bond acceptors (Lipinski definition) is 6. The Balaban J connectivity index is 0.831. The molecule has 99 heavy (non-hydrogen) atoms. The van der Waals surface area contributed by atoms with Crippen LogP contribution >= 0.6 is 0 Å². The van der Waals surface area contributed by atoms with Crippen molar-refractivity contribution in [1.82, 2.24) is 4.98 Å². The Labute approximate surface area is 594 Å². The molecule has 0 aliphatic heterocycles. The van der Waals surface area contributed by atoms with E-state index in [4.69, 9.17) is 14.2 Å². The van der Waals surface area contributed by atoms with Crippen molar-refractivity contribution in [3.63, 3.8) is 0 Å². The van der Waals surface area contributed by atoms with Crippen LogP contribution in [0, 0.1) is 47.5 Å². The van der Waals surface area contributed by atoms with Gasteiger partial charge in [0.15, 0.2) is 0 Å². The monoisotopic (exact) mass is 1310 g/mol. The number of benzene rings is 8. The molecular weight excluding hydrogens is 1210 g/mol. The van der Waals surface area contributed by atoms with E-state index in [-0.39, 0.29) is 52.3 Å². The second kappa shape index (κ2) is 30.2. The lowest BCUT2D eigenvalue weighted by atomic mass is 9.64. The summed E-state index contributed by atoms with van der Waals surface area (Å²) in [5, 5.41) is 3.49. The van der Waals surface area contributed by atoms with Gasteiger partial charge in [0.1, 0.15) is 37.4 Å². The number of rotatable bonds is 16. The van der Waals surface area contributed by atoms with Gasteiger partial charge in [0.25, 0.3) is 0 Å². The first-order chi connectivity index (χ1) is 46.7. The Hall–Kier alpha value is -9.69. The molecule has 1 N–H and O–H groups in total. The number of nitrogens with zero attached hydrogens (tertiary/aromatic N) is 2. The molecule has 1 aromatic heterocycles. The highest BCUT2D eigenvalue weighted by atomic mass is 16.5. The summed E-state index contributed by atoms with van der Waals surface area (Å²) in [5.41, 5.74) is 18.5. The first kappa shape index (κ1) is 73.6. The standard InChI is InChI=1S/C93H103N3O3/c1-86(2,3)67-28-40-73(41-29-67)92(74-42-30-68(31-43-74)87(4,5)6,75-44-32-69(33-45-75)88(7,8)9)79-52-56-81(57-53-79)94-60-23-21-22-24-61-97-62-26-64-99-85-66-83(96(19)20)65-82(95-85)27-25-63-98-84-58-54-80(55-59-84)93(76-46-34-70(35-47-76)89(10,11)12,77-48-36-71(37-49-77)90(13,14)15)78-50-38-72(39-51-78)91(16,17)18/h28-59,65-66,94H,60-63H2,1-20H3. The van der Waals surface area contributed by atoms with Gasteiger partial charge in [-0.25, -0.2) is 4.98 Å². The number of hydrogen-bond donors (Lipinski definition) is 1. The average molecular weight is 1310 g/mol. The summed E-state index contributed by atoms with van der Waals surface area (Å²) in [4.78, 5) is 6.62. The van der Waals surface area contributed by atoms with Crippen LogP contribution in [0.1, 0.15) is 208 Å². The van der Waals surface area contributed by atoms with Gasteiger partial charge in [0, 0.05) is 31.5 Å². The Morgan fingerprint density at radius 1 is 0.343 bits per heavy atom. The average Bonchev–Trinajstić information content (AvgIpc) is 0.736. The second-order valence-corrected chi connectivity index (χ2v) is 32.4. The molecule has 0 amide bonds. The molecular formula is C93H103N3O3. The summed E-state index contributed by atoms with van der Waals surface area (Å²) in [6.07, 6.45) is 2.73. The van der Waals surface area contributed by atoms with Gasteiger partial charge < -0.3 is 24.4 Å². The van der Waals surface area contributed by atoms with Crippen LogP contribution in [0.2, 0.25) is 0 Å². The van der Waals surface area contributed by atoms with Crippen molar-refractivity contribution in [3.8, 4) is 59.2 Å². The minimum Gasteiger partial charge on any atom is -0.481 e. The molecule has 6 heteroatoms. The number of anilines is 2. The maximum atomic E-state index is 6.31. The van der Waals surface area contributed by atoms with E-state index in [0.717, 1.165) is 16.9 Å². The summed E-state index contributed by atoms with van der Waals surface area (Å²) >= 11 is 0. The van der Waals surface area contributed by atoms with Gasteiger partial charge >= 0.3 is 0 Å². The molecule has 0 fully saturated rings. The lowest BCUT2D eigenvalue weighted by Crippen LogP contribution is -2.31. The quantitative estimate of drug-likeness (QED) is 0.0591. The fourth-order valence-corrected chi connectivity index (χ4v) is 12.7. The van der Waals surface area contributed by atoms with Crippen molar-refractivity contribution in [2.24, 2.45) is 0 Å². The van der Waals surface area contributed by atoms with Gasteiger partial charge in [-0.05, 0) is 164 Å². The van der Waals surface area contributed by atoms with E-state index >= 15 is 0 Å². The Bertz CT molecular complexity index is 4170. The number of pyridine rings is 1. The zero-order chi connectivity index (χ0) is 71.6. The smallest absolute Gasteiger partial charge is 0.233 e. The van der Waals surface area contributed by atoms with Crippen LogP contribution in [-0.4, -0.2) is 45.4 Å². The molecule has 0 atom stereocenters. The molecule has 0 aliphatic carbocycles. The van der Waals surface area contributed by atoms with Crippen molar-refractivity contribution in [2.45, 2.75) is 168 Å². The van der Waals surface area contributed by atoms with Crippen molar-refractivity contribution < 1.29 is 14.2 Å². The van der Waals surface area contributed by atoms with Crippen LogP contribution in [0.15, 0.2) is 206 Å². The molecule has 0 bridgehead atoms. The molecule has 0 aliphatic rings.